The van der Waals surface area contributed by atoms with Gasteiger partial charge in [0.05, 0.1) is 0 Å². The molecule has 0 fully saturated rings. The first-order valence-corrected chi connectivity index (χ1v) is 3.60. The van der Waals surface area contributed by atoms with Crippen molar-refractivity contribution in [3.8, 4) is 0 Å². The van der Waals surface area contributed by atoms with Gasteiger partial charge in [0.1, 0.15) is 11.7 Å². The monoisotopic (exact) mass is 170 g/mol. The van der Waals surface area contributed by atoms with Crippen LogP contribution in [0.3, 0.4) is 0 Å². The van der Waals surface area contributed by atoms with Gasteiger partial charge >= 0.3 is 0 Å². The Labute approximate surface area is 71.1 Å². The highest BCUT2D eigenvalue weighted by molar-refractivity contribution is 5.92. The Morgan fingerprint density at radius 1 is 1.58 bits per heavy atom. The van der Waals surface area contributed by atoms with E-state index in [-0.39, 0.29) is 0 Å². The molecule has 0 saturated heterocycles. The molecule has 1 atom stereocenters. The number of rotatable bonds is 2. The molecule has 0 aromatic heterocycles. The second-order valence-electron chi connectivity index (χ2n) is 2.49. The summed E-state index contributed by atoms with van der Waals surface area (Å²) in [6.45, 7) is 0. The zero-order chi connectivity index (χ0) is 9.19. The lowest BCUT2D eigenvalue weighted by atomic mass is 10.4. The van der Waals surface area contributed by atoms with E-state index in [0.717, 1.165) is 5.82 Å². The zero-order valence-corrected chi connectivity index (χ0v) is 7.18. The quantitative estimate of drug-likeness (QED) is 0.303. The van der Waals surface area contributed by atoms with Crippen molar-refractivity contribution in [1.29, 1.82) is 0 Å². The van der Waals surface area contributed by atoms with Crippen molar-refractivity contribution in [2.45, 2.75) is 5.91 Å². The van der Waals surface area contributed by atoms with E-state index in [1.807, 2.05) is 0 Å². The summed E-state index contributed by atoms with van der Waals surface area (Å²) in [5.74, 6) is 0.117. The number of amidine groups is 1. The van der Waals surface area contributed by atoms with Gasteiger partial charge in [-0.1, -0.05) is 0 Å². The van der Waals surface area contributed by atoms with Crippen LogP contribution >= 0.6 is 0 Å². The van der Waals surface area contributed by atoms with Crippen molar-refractivity contribution in [2.75, 3.05) is 14.1 Å². The summed E-state index contributed by atoms with van der Waals surface area (Å²) in [6, 6.07) is 0. The molecule has 6 nitrogen and oxygen atoms in total. The highest BCUT2D eigenvalue weighted by atomic mass is 15.4. The summed E-state index contributed by atoms with van der Waals surface area (Å²) in [6.07, 6.45) is 1.67. The van der Waals surface area contributed by atoms with Gasteiger partial charge in [0.25, 0.3) is 0 Å². The largest absolute Gasteiger partial charge is 0.384 e. The first kappa shape index (κ1) is 8.82. The molecule has 1 heterocycles. The van der Waals surface area contributed by atoms with Crippen LogP contribution in [-0.4, -0.2) is 25.8 Å². The van der Waals surface area contributed by atoms with Crippen molar-refractivity contribution in [3.63, 3.8) is 0 Å². The van der Waals surface area contributed by atoms with E-state index in [1.54, 1.807) is 20.2 Å². The minimum absolute atomic E-state index is 0.384. The topological polar surface area (TPSA) is 100 Å². The Kier molecular flexibility index (Phi) is 2.20. The van der Waals surface area contributed by atoms with E-state index in [0.29, 0.717) is 5.84 Å². The van der Waals surface area contributed by atoms with Gasteiger partial charge in [-0.3, -0.25) is 11.1 Å². The van der Waals surface area contributed by atoms with Crippen LogP contribution in [-0.2, 0) is 0 Å². The van der Waals surface area contributed by atoms with Crippen molar-refractivity contribution < 1.29 is 0 Å². The van der Waals surface area contributed by atoms with Gasteiger partial charge in [-0.15, -0.1) is 0 Å². The Balaban J connectivity index is 2.84. The number of aliphatic imine (C=N–C) groups is 1. The molecule has 0 aliphatic carbocycles. The molecule has 0 radical (unpaired) electrons. The molecule has 6 heteroatoms. The van der Waals surface area contributed by atoms with Crippen LogP contribution in [0.1, 0.15) is 0 Å². The predicted octanol–water partition coefficient (Wildman–Crippen LogP) is -2.20. The molecule has 0 amide bonds. The van der Waals surface area contributed by atoms with Gasteiger partial charge < -0.3 is 16.4 Å². The van der Waals surface area contributed by atoms with Crippen LogP contribution in [0.25, 0.3) is 0 Å². The van der Waals surface area contributed by atoms with Crippen molar-refractivity contribution in [3.05, 3.63) is 11.9 Å². The Bertz CT molecular complexity index is 232. The van der Waals surface area contributed by atoms with Crippen LogP contribution in [0.4, 0.5) is 0 Å². The fraction of sp³-hybridized carbons (Fsp3) is 0.500. The molecule has 0 saturated carbocycles. The minimum atomic E-state index is -1.00. The molecule has 68 valence electrons. The van der Waals surface area contributed by atoms with E-state index in [2.05, 4.69) is 20.9 Å². The molecule has 0 bridgehead atoms. The summed E-state index contributed by atoms with van der Waals surface area (Å²) < 4.78 is 0. The number of nitrogens with one attached hydrogen (secondary N) is 3. The average Bonchev–Trinajstić information content (AvgIpc) is 2.03. The second-order valence-corrected chi connectivity index (χ2v) is 2.49. The van der Waals surface area contributed by atoms with Crippen LogP contribution in [0.2, 0.25) is 0 Å². The highest BCUT2D eigenvalue weighted by Gasteiger charge is 2.24. The molecule has 0 spiro atoms. The maximum Gasteiger partial charge on any atom is 0.244 e. The third-order valence-corrected chi connectivity index (χ3v) is 1.57. The van der Waals surface area contributed by atoms with E-state index in [9.17, 15) is 0 Å². The van der Waals surface area contributed by atoms with Gasteiger partial charge in [0, 0.05) is 13.1 Å². The number of nitrogens with two attached hydrogens (primary N) is 2. The molecular formula is C6H14N6. The minimum Gasteiger partial charge on any atom is -0.384 e. The molecule has 1 aliphatic rings. The zero-order valence-electron chi connectivity index (χ0n) is 7.18. The summed E-state index contributed by atoms with van der Waals surface area (Å²) in [7, 11) is 3.47. The average molecular weight is 170 g/mol. The first-order valence-electron chi connectivity index (χ1n) is 3.60. The molecule has 0 aromatic carbocycles. The highest BCUT2D eigenvalue weighted by Crippen LogP contribution is 2.01. The third-order valence-electron chi connectivity index (χ3n) is 1.57. The Morgan fingerprint density at radius 3 is 2.75 bits per heavy atom. The van der Waals surface area contributed by atoms with Crippen molar-refractivity contribution in [1.82, 2.24) is 16.0 Å². The summed E-state index contributed by atoms with van der Waals surface area (Å²) in [5.41, 5.74) is 11.3. The SMILES string of the molecule is CNC1=CC(N)=NC(N)(NC)N1. The molecule has 12 heavy (non-hydrogen) atoms. The smallest absolute Gasteiger partial charge is 0.244 e. The fourth-order valence-corrected chi connectivity index (χ4v) is 0.906. The third kappa shape index (κ3) is 1.66. The Morgan fingerprint density at radius 2 is 2.25 bits per heavy atom. The normalized spacial score (nSPS) is 28.6. The van der Waals surface area contributed by atoms with Gasteiger partial charge in [-0.05, 0) is 7.05 Å². The lowest BCUT2D eigenvalue weighted by molar-refractivity contribution is 0.315. The number of hydrogen-bond acceptors (Lipinski definition) is 6. The summed E-state index contributed by atoms with van der Waals surface area (Å²) in [4.78, 5) is 3.96. The molecular weight excluding hydrogens is 156 g/mol. The summed E-state index contributed by atoms with van der Waals surface area (Å²) in [5, 5.41) is 8.60. The van der Waals surface area contributed by atoms with E-state index in [4.69, 9.17) is 11.5 Å². The fourth-order valence-electron chi connectivity index (χ4n) is 0.906. The predicted molar refractivity (Wildman–Crippen MR) is 47.9 cm³/mol. The first-order chi connectivity index (χ1) is 5.59. The molecule has 7 N–H and O–H groups in total. The maximum atomic E-state index is 5.74. The molecule has 1 aliphatic heterocycles. The maximum absolute atomic E-state index is 5.74. The van der Waals surface area contributed by atoms with Gasteiger partial charge in [-0.25, -0.2) is 4.99 Å². The molecule has 1 unspecified atom stereocenters. The lowest BCUT2D eigenvalue weighted by Crippen LogP contribution is -2.64. The van der Waals surface area contributed by atoms with E-state index >= 15 is 0 Å². The van der Waals surface area contributed by atoms with Crippen molar-refractivity contribution >= 4 is 5.84 Å². The van der Waals surface area contributed by atoms with E-state index < -0.39 is 5.91 Å². The van der Waals surface area contributed by atoms with E-state index in [1.165, 1.54) is 0 Å². The van der Waals surface area contributed by atoms with Crippen LogP contribution in [0.5, 0.6) is 0 Å². The Hall–Kier alpha value is -1.27. The number of hydrogen-bond donors (Lipinski definition) is 5. The van der Waals surface area contributed by atoms with Crippen LogP contribution < -0.4 is 27.4 Å². The van der Waals surface area contributed by atoms with Crippen LogP contribution in [0.15, 0.2) is 16.9 Å². The standard InChI is InChI=1S/C6H14N6/c1-9-5-3-4(7)11-6(8,10-2)12-5/h3,9-10,12H,8H2,1-2H3,(H2,7,11). The molecule has 0 aromatic rings. The summed E-state index contributed by atoms with van der Waals surface area (Å²) >= 11 is 0. The van der Waals surface area contributed by atoms with Crippen molar-refractivity contribution in [2.24, 2.45) is 16.5 Å². The molecule has 1 rings (SSSR count). The van der Waals surface area contributed by atoms with Crippen LogP contribution in [0, 0.1) is 0 Å². The van der Waals surface area contributed by atoms with Gasteiger partial charge in [0.2, 0.25) is 5.91 Å². The second kappa shape index (κ2) is 3.00. The number of nitrogens with zero attached hydrogens (tertiary/aromatic N) is 1. The van der Waals surface area contributed by atoms with Gasteiger partial charge in [-0.2, -0.15) is 0 Å². The van der Waals surface area contributed by atoms with Gasteiger partial charge in [0.15, 0.2) is 0 Å². The lowest BCUT2D eigenvalue weighted by Gasteiger charge is -2.30.